The molecule has 12 heteroatoms. The molecule has 0 unspecified atom stereocenters. The van der Waals surface area contributed by atoms with Crippen molar-refractivity contribution in [3.8, 4) is 0 Å². The highest BCUT2D eigenvalue weighted by molar-refractivity contribution is 7.99. The lowest BCUT2D eigenvalue weighted by atomic mass is 10.3. The van der Waals surface area contributed by atoms with Gasteiger partial charge in [-0.25, -0.2) is 14.8 Å². The number of urea groups is 1. The second-order valence-corrected chi connectivity index (χ2v) is 8.96. The van der Waals surface area contributed by atoms with Gasteiger partial charge in [-0.2, -0.15) is 0 Å². The molecule has 3 heterocycles. The standard InChI is InChI=1S/C20H32ClN7O3S/c1-2-3-23-20(30)28-8-6-27(7-9-28)17-14-16(21)24-19(25-17)32-15-18(29)22-4-5-26-10-12-31-13-11-26/h14H,2-13,15H2,1H3,(H,22,29)(H,23,30). The number of nitrogens with zero attached hydrogens (tertiary/aromatic N) is 5. The van der Waals surface area contributed by atoms with Gasteiger partial charge in [0.2, 0.25) is 5.91 Å². The Morgan fingerprint density at radius 3 is 2.56 bits per heavy atom. The minimum atomic E-state index is -0.0555. The predicted molar refractivity (Wildman–Crippen MR) is 126 cm³/mol. The quantitative estimate of drug-likeness (QED) is 0.302. The molecule has 0 saturated carbocycles. The molecule has 2 fully saturated rings. The van der Waals surface area contributed by atoms with Crippen LogP contribution in [0.15, 0.2) is 11.2 Å². The summed E-state index contributed by atoms with van der Waals surface area (Å²) in [6, 6.07) is 1.70. The van der Waals surface area contributed by atoms with Crippen molar-refractivity contribution < 1.29 is 14.3 Å². The third kappa shape index (κ3) is 7.95. The predicted octanol–water partition coefficient (Wildman–Crippen LogP) is 0.912. The van der Waals surface area contributed by atoms with Gasteiger partial charge in [-0.1, -0.05) is 30.3 Å². The topological polar surface area (TPSA) is 103 Å². The summed E-state index contributed by atoms with van der Waals surface area (Å²) in [4.78, 5) is 39.3. The molecule has 2 N–H and O–H groups in total. The first kappa shape index (κ1) is 24.8. The van der Waals surface area contributed by atoms with Gasteiger partial charge in [0.05, 0.1) is 19.0 Å². The summed E-state index contributed by atoms with van der Waals surface area (Å²) in [5.41, 5.74) is 0. The van der Waals surface area contributed by atoms with E-state index >= 15 is 0 Å². The molecule has 2 aliphatic heterocycles. The Bertz CT molecular complexity index is 759. The number of amides is 3. The average Bonchev–Trinajstić information content (AvgIpc) is 2.81. The number of hydrogen-bond acceptors (Lipinski definition) is 8. The highest BCUT2D eigenvalue weighted by Gasteiger charge is 2.22. The fraction of sp³-hybridized carbons (Fsp3) is 0.700. The lowest BCUT2D eigenvalue weighted by Gasteiger charge is -2.35. The third-order valence-electron chi connectivity index (χ3n) is 5.26. The number of nitrogens with one attached hydrogen (secondary N) is 2. The second-order valence-electron chi connectivity index (χ2n) is 7.63. The van der Waals surface area contributed by atoms with Crippen LogP contribution in [0, 0.1) is 0 Å². The van der Waals surface area contributed by atoms with Gasteiger partial charge in [-0.15, -0.1) is 0 Å². The molecule has 0 atom stereocenters. The van der Waals surface area contributed by atoms with Gasteiger partial charge in [0.1, 0.15) is 11.0 Å². The molecule has 0 bridgehead atoms. The minimum Gasteiger partial charge on any atom is -0.379 e. The zero-order chi connectivity index (χ0) is 22.8. The molecule has 2 aliphatic rings. The van der Waals surface area contributed by atoms with Crippen molar-refractivity contribution in [2.45, 2.75) is 18.5 Å². The Morgan fingerprint density at radius 1 is 1.09 bits per heavy atom. The van der Waals surface area contributed by atoms with Gasteiger partial charge in [0.15, 0.2) is 5.16 Å². The Morgan fingerprint density at radius 2 is 1.84 bits per heavy atom. The van der Waals surface area contributed by atoms with Crippen LogP contribution in [-0.4, -0.2) is 110 Å². The highest BCUT2D eigenvalue weighted by Crippen LogP contribution is 2.22. The van der Waals surface area contributed by atoms with Gasteiger partial charge >= 0.3 is 6.03 Å². The molecule has 178 valence electrons. The summed E-state index contributed by atoms with van der Waals surface area (Å²) in [5.74, 6) is 0.891. The lowest BCUT2D eigenvalue weighted by Crippen LogP contribution is -2.52. The third-order valence-corrected chi connectivity index (χ3v) is 6.31. The zero-order valence-electron chi connectivity index (χ0n) is 18.5. The Labute approximate surface area is 198 Å². The number of thioether (sulfide) groups is 1. The molecule has 2 saturated heterocycles. The second kappa shape index (κ2) is 13.0. The summed E-state index contributed by atoms with van der Waals surface area (Å²) < 4.78 is 5.33. The monoisotopic (exact) mass is 485 g/mol. The fourth-order valence-electron chi connectivity index (χ4n) is 3.45. The zero-order valence-corrected chi connectivity index (χ0v) is 20.1. The van der Waals surface area contributed by atoms with Crippen molar-refractivity contribution >= 4 is 41.1 Å². The number of rotatable bonds is 9. The molecule has 0 spiro atoms. The molecule has 0 radical (unpaired) electrons. The first-order chi connectivity index (χ1) is 15.5. The maximum atomic E-state index is 12.2. The Balaban J connectivity index is 1.43. The van der Waals surface area contributed by atoms with Crippen LogP contribution in [0.25, 0.3) is 0 Å². The van der Waals surface area contributed by atoms with Crippen LogP contribution in [0.2, 0.25) is 5.15 Å². The first-order valence-corrected chi connectivity index (χ1v) is 12.4. The smallest absolute Gasteiger partial charge is 0.317 e. The van der Waals surface area contributed by atoms with Crippen LogP contribution in [0.4, 0.5) is 10.6 Å². The molecule has 1 aromatic rings. The normalized spacial score (nSPS) is 17.3. The molecule has 10 nitrogen and oxygen atoms in total. The maximum Gasteiger partial charge on any atom is 0.317 e. The van der Waals surface area contributed by atoms with Crippen molar-refractivity contribution in [1.82, 2.24) is 30.4 Å². The van der Waals surface area contributed by atoms with Crippen molar-refractivity contribution in [1.29, 1.82) is 0 Å². The summed E-state index contributed by atoms with van der Waals surface area (Å²) >= 11 is 7.48. The number of carbonyl (C=O) groups excluding carboxylic acids is 2. The van der Waals surface area contributed by atoms with Crippen molar-refractivity contribution in [2.24, 2.45) is 0 Å². The minimum absolute atomic E-state index is 0.0249. The van der Waals surface area contributed by atoms with E-state index in [-0.39, 0.29) is 17.7 Å². The number of ether oxygens (including phenoxy) is 1. The number of aromatic nitrogens is 2. The number of anilines is 1. The number of morpholine rings is 1. The van der Waals surface area contributed by atoms with E-state index in [2.05, 4.69) is 30.4 Å². The van der Waals surface area contributed by atoms with Crippen LogP contribution in [-0.2, 0) is 9.53 Å². The van der Waals surface area contributed by atoms with Crippen LogP contribution >= 0.6 is 23.4 Å². The van der Waals surface area contributed by atoms with Gasteiger partial charge in [-0.05, 0) is 6.42 Å². The van der Waals surface area contributed by atoms with E-state index in [1.165, 1.54) is 11.8 Å². The van der Waals surface area contributed by atoms with Crippen LogP contribution in [0.3, 0.4) is 0 Å². The Kier molecular flexibility index (Phi) is 10.1. The summed E-state index contributed by atoms with van der Waals surface area (Å²) in [6.07, 6.45) is 0.914. The molecule has 0 aliphatic carbocycles. The molecule has 0 aromatic carbocycles. The SMILES string of the molecule is CCCNC(=O)N1CCN(c2cc(Cl)nc(SCC(=O)NCCN3CCOCC3)n2)CC1. The van der Waals surface area contributed by atoms with Gasteiger partial charge in [0.25, 0.3) is 0 Å². The summed E-state index contributed by atoms with van der Waals surface area (Å²) in [6.45, 7) is 10.0. The van der Waals surface area contributed by atoms with Gasteiger partial charge in [-0.3, -0.25) is 9.69 Å². The van der Waals surface area contributed by atoms with E-state index in [0.717, 1.165) is 39.3 Å². The van der Waals surface area contributed by atoms with Crippen molar-refractivity contribution in [2.75, 3.05) is 82.8 Å². The number of piperazine rings is 1. The molecular weight excluding hydrogens is 454 g/mol. The lowest BCUT2D eigenvalue weighted by molar-refractivity contribution is -0.118. The molecule has 3 amide bonds. The average molecular weight is 486 g/mol. The molecule has 1 aromatic heterocycles. The molecule has 3 rings (SSSR count). The van der Waals surface area contributed by atoms with Crippen LogP contribution in [0.1, 0.15) is 13.3 Å². The van der Waals surface area contributed by atoms with Crippen molar-refractivity contribution in [3.63, 3.8) is 0 Å². The summed E-state index contributed by atoms with van der Waals surface area (Å²) in [7, 11) is 0. The van der Waals surface area contributed by atoms with E-state index in [1.54, 1.807) is 6.07 Å². The number of hydrogen-bond donors (Lipinski definition) is 2. The highest BCUT2D eigenvalue weighted by atomic mass is 35.5. The first-order valence-electron chi connectivity index (χ1n) is 11.1. The van der Waals surface area contributed by atoms with E-state index in [9.17, 15) is 9.59 Å². The van der Waals surface area contributed by atoms with E-state index < -0.39 is 0 Å². The van der Waals surface area contributed by atoms with Crippen LogP contribution in [0.5, 0.6) is 0 Å². The van der Waals surface area contributed by atoms with Gasteiger partial charge < -0.3 is 25.2 Å². The maximum absolute atomic E-state index is 12.2. The van der Waals surface area contributed by atoms with Gasteiger partial charge in [0, 0.05) is 65.0 Å². The van der Waals surface area contributed by atoms with E-state index in [1.807, 2.05) is 11.8 Å². The molecule has 32 heavy (non-hydrogen) atoms. The van der Waals surface area contributed by atoms with Crippen LogP contribution < -0.4 is 15.5 Å². The number of halogens is 1. The fourth-order valence-corrected chi connectivity index (χ4v) is 4.36. The summed E-state index contributed by atoms with van der Waals surface area (Å²) in [5, 5.41) is 6.66. The Hall–Kier alpha value is -1.82. The van der Waals surface area contributed by atoms with Crippen molar-refractivity contribution in [3.05, 3.63) is 11.2 Å². The number of carbonyl (C=O) groups is 2. The largest absolute Gasteiger partial charge is 0.379 e. The van der Waals surface area contributed by atoms with E-state index in [4.69, 9.17) is 16.3 Å². The van der Waals surface area contributed by atoms with E-state index in [0.29, 0.717) is 55.4 Å². The molecular formula is C20H32ClN7O3S.